The average Bonchev–Trinajstić information content (AvgIpc) is 2.10. The minimum Gasteiger partial charge on any atom is -0.195 e. The Hall–Kier alpha value is -0.160. The Bertz CT molecular complexity index is 170. The van der Waals surface area contributed by atoms with Crippen LogP contribution >= 0.6 is 0 Å². The van der Waals surface area contributed by atoms with Crippen molar-refractivity contribution in [2.24, 2.45) is 11.8 Å². The quantitative estimate of drug-likeness (QED) is 0.648. The molecule has 4 heteroatoms. The summed E-state index contributed by atoms with van der Waals surface area (Å²) in [5, 5.41) is 0. The molecule has 1 saturated heterocycles. The summed E-state index contributed by atoms with van der Waals surface area (Å²) in [6.07, 6.45) is 0. The van der Waals surface area contributed by atoms with Gasteiger partial charge < -0.3 is 0 Å². The van der Waals surface area contributed by atoms with Crippen LogP contribution in [0.15, 0.2) is 0 Å². The molecule has 0 aromatic rings. The first-order valence-electron chi connectivity index (χ1n) is 5.04. The van der Waals surface area contributed by atoms with Gasteiger partial charge in [-0.05, 0) is 13.8 Å². The zero-order chi connectivity index (χ0) is 11.0. The third kappa shape index (κ3) is 2.08. The van der Waals surface area contributed by atoms with Gasteiger partial charge in [0.25, 0.3) is 0 Å². The monoisotopic (exact) mass is 204 g/mol. The van der Waals surface area contributed by atoms with Gasteiger partial charge in [0.1, 0.15) is 0 Å². The summed E-state index contributed by atoms with van der Waals surface area (Å²) in [6.45, 7) is 11.5. The molecule has 14 heavy (non-hydrogen) atoms. The van der Waals surface area contributed by atoms with Crippen molar-refractivity contribution in [1.82, 2.24) is 0 Å². The lowest BCUT2D eigenvalue weighted by atomic mass is 10.0. The Morgan fingerprint density at radius 1 is 0.643 bits per heavy atom. The molecule has 0 bridgehead atoms. The smallest absolute Gasteiger partial charge is 0.195 e. The van der Waals surface area contributed by atoms with Crippen LogP contribution in [0.1, 0.15) is 41.5 Å². The zero-order valence-electron chi connectivity index (χ0n) is 9.79. The fourth-order valence-corrected chi connectivity index (χ4v) is 0.744. The molecule has 0 radical (unpaired) electrons. The van der Waals surface area contributed by atoms with Crippen LogP contribution in [0.25, 0.3) is 0 Å². The van der Waals surface area contributed by atoms with E-state index in [1.807, 2.05) is 27.7 Å². The molecule has 0 saturated carbocycles. The second-order valence-corrected chi connectivity index (χ2v) is 4.67. The molecule has 84 valence electrons. The largest absolute Gasteiger partial charge is 0.233 e. The van der Waals surface area contributed by atoms with Crippen molar-refractivity contribution in [3.05, 3.63) is 0 Å². The van der Waals surface area contributed by atoms with E-state index in [-0.39, 0.29) is 11.8 Å². The van der Waals surface area contributed by atoms with E-state index in [0.29, 0.717) is 0 Å². The van der Waals surface area contributed by atoms with E-state index in [2.05, 4.69) is 0 Å². The first kappa shape index (κ1) is 11.9. The summed E-state index contributed by atoms with van der Waals surface area (Å²) in [4.78, 5) is 21.0. The Labute approximate surface area is 85.3 Å². The second kappa shape index (κ2) is 3.77. The third-order valence-electron chi connectivity index (χ3n) is 2.84. The molecule has 1 aliphatic heterocycles. The van der Waals surface area contributed by atoms with Gasteiger partial charge in [0.15, 0.2) is 0 Å². The maximum atomic E-state index is 5.26. The number of hydrogen-bond donors (Lipinski definition) is 0. The standard InChI is InChI=1S/C10H20O4/c1-7(2)9(5)11-13-10(6,8(3)4)14-12-9/h7-8H,1-6H3. The predicted octanol–water partition coefficient (Wildman–Crippen LogP) is 2.64. The highest BCUT2D eigenvalue weighted by atomic mass is 17.4. The van der Waals surface area contributed by atoms with E-state index in [9.17, 15) is 0 Å². The highest BCUT2D eigenvalue weighted by Crippen LogP contribution is 2.36. The zero-order valence-corrected chi connectivity index (χ0v) is 9.79. The van der Waals surface area contributed by atoms with Crippen LogP contribution in [0.3, 0.4) is 0 Å². The van der Waals surface area contributed by atoms with Gasteiger partial charge in [-0.3, -0.25) is 0 Å². The predicted molar refractivity (Wildman–Crippen MR) is 50.8 cm³/mol. The van der Waals surface area contributed by atoms with Crippen molar-refractivity contribution < 1.29 is 19.6 Å². The fourth-order valence-electron chi connectivity index (χ4n) is 0.744. The van der Waals surface area contributed by atoms with Gasteiger partial charge >= 0.3 is 0 Å². The lowest BCUT2D eigenvalue weighted by Crippen LogP contribution is -2.52. The summed E-state index contributed by atoms with van der Waals surface area (Å²) in [6, 6.07) is 0. The van der Waals surface area contributed by atoms with Crippen LogP contribution in [0.5, 0.6) is 0 Å². The Kier molecular flexibility index (Phi) is 3.21. The topological polar surface area (TPSA) is 36.9 Å². The number of rotatable bonds is 2. The first-order valence-corrected chi connectivity index (χ1v) is 5.04. The molecule has 0 N–H and O–H groups in total. The molecular formula is C10H20O4. The van der Waals surface area contributed by atoms with Crippen molar-refractivity contribution in [2.45, 2.75) is 53.1 Å². The molecule has 0 aromatic carbocycles. The van der Waals surface area contributed by atoms with Gasteiger partial charge in [0, 0.05) is 11.8 Å². The maximum absolute atomic E-state index is 5.26. The van der Waals surface area contributed by atoms with Crippen LogP contribution in [0.4, 0.5) is 0 Å². The lowest BCUT2D eigenvalue weighted by Gasteiger charge is -2.43. The summed E-state index contributed by atoms with van der Waals surface area (Å²) >= 11 is 0. The van der Waals surface area contributed by atoms with E-state index in [0.717, 1.165) is 0 Å². The molecule has 0 spiro atoms. The normalized spacial score (nSPS) is 39.4. The lowest BCUT2D eigenvalue weighted by molar-refractivity contribution is -0.662. The van der Waals surface area contributed by atoms with Crippen molar-refractivity contribution in [3.8, 4) is 0 Å². The summed E-state index contributed by atoms with van der Waals surface area (Å²) < 4.78 is 0. The molecule has 1 rings (SSSR count). The molecule has 1 heterocycles. The van der Waals surface area contributed by atoms with Gasteiger partial charge in [0.2, 0.25) is 11.6 Å². The van der Waals surface area contributed by atoms with Gasteiger partial charge in [-0.1, -0.05) is 27.7 Å². The molecule has 4 nitrogen and oxygen atoms in total. The van der Waals surface area contributed by atoms with Crippen molar-refractivity contribution in [2.75, 3.05) is 0 Å². The number of hydrogen-bond acceptors (Lipinski definition) is 4. The van der Waals surface area contributed by atoms with Gasteiger partial charge in [-0.15, -0.1) is 0 Å². The molecule has 0 atom stereocenters. The van der Waals surface area contributed by atoms with E-state index in [1.165, 1.54) is 0 Å². The van der Waals surface area contributed by atoms with Crippen LogP contribution in [0.2, 0.25) is 0 Å². The average molecular weight is 204 g/mol. The van der Waals surface area contributed by atoms with Crippen molar-refractivity contribution in [1.29, 1.82) is 0 Å². The van der Waals surface area contributed by atoms with Crippen LogP contribution < -0.4 is 0 Å². The van der Waals surface area contributed by atoms with Crippen LogP contribution in [-0.2, 0) is 19.6 Å². The molecule has 0 aromatic heterocycles. The summed E-state index contributed by atoms with van der Waals surface area (Å²) in [5.41, 5.74) is 0. The van der Waals surface area contributed by atoms with Crippen LogP contribution in [-0.4, -0.2) is 11.6 Å². The molecule has 1 fully saturated rings. The molecule has 0 amide bonds. The van der Waals surface area contributed by atoms with Gasteiger partial charge in [0.05, 0.1) is 0 Å². The third-order valence-corrected chi connectivity index (χ3v) is 2.84. The van der Waals surface area contributed by atoms with Crippen molar-refractivity contribution in [3.63, 3.8) is 0 Å². The summed E-state index contributed by atoms with van der Waals surface area (Å²) in [7, 11) is 0. The first-order chi connectivity index (χ1) is 6.30. The molecule has 1 aliphatic rings. The summed E-state index contributed by atoms with van der Waals surface area (Å²) in [5.74, 6) is -1.35. The van der Waals surface area contributed by atoms with E-state index >= 15 is 0 Å². The van der Waals surface area contributed by atoms with E-state index in [4.69, 9.17) is 19.6 Å². The van der Waals surface area contributed by atoms with Crippen molar-refractivity contribution >= 4 is 0 Å². The molecule has 0 aliphatic carbocycles. The second-order valence-electron chi connectivity index (χ2n) is 4.67. The Morgan fingerprint density at radius 2 is 0.857 bits per heavy atom. The molecular weight excluding hydrogens is 184 g/mol. The SMILES string of the molecule is CC(C)C1(C)OOC(C)(C(C)C)OO1. The highest BCUT2D eigenvalue weighted by Gasteiger charge is 2.47. The Balaban J connectivity index is 2.62. The van der Waals surface area contributed by atoms with Crippen LogP contribution in [0, 0.1) is 11.8 Å². The van der Waals surface area contributed by atoms with Gasteiger partial charge in [-0.25, -0.2) is 0 Å². The Morgan fingerprint density at radius 3 is 1.00 bits per heavy atom. The maximum Gasteiger partial charge on any atom is 0.233 e. The van der Waals surface area contributed by atoms with E-state index < -0.39 is 11.6 Å². The molecule has 0 unspecified atom stereocenters. The minimum atomic E-state index is -0.825. The minimum absolute atomic E-state index is 0.152. The fraction of sp³-hybridized carbons (Fsp3) is 1.00. The van der Waals surface area contributed by atoms with E-state index in [1.54, 1.807) is 13.8 Å². The van der Waals surface area contributed by atoms with Gasteiger partial charge in [-0.2, -0.15) is 19.6 Å². The highest BCUT2D eigenvalue weighted by molar-refractivity contribution is 4.70.